The summed E-state index contributed by atoms with van der Waals surface area (Å²) in [4.78, 5) is 31.2. The number of anilines is 1. The Kier molecular flexibility index (Phi) is 5.38. The van der Waals surface area contributed by atoms with E-state index >= 15 is 0 Å². The highest BCUT2D eigenvalue weighted by Crippen LogP contribution is 2.33. The van der Waals surface area contributed by atoms with Crippen LogP contribution in [0.5, 0.6) is 0 Å². The summed E-state index contributed by atoms with van der Waals surface area (Å²) < 4.78 is 0. The summed E-state index contributed by atoms with van der Waals surface area (Å²) in [6.07, 6.45) is 4.06. The number of aryl methyl sites for hydroxylation is 1. The third-order valence-electron chi connectivity index (χ3n) is 5.93. The maximum atomic E-state index is 13.1. The van der Waals surface area contributed by atoms with Gasteiger partial charge in [0.15, 0.2) is 0 Å². The van der Waals surface area contributed by atoms with Crippen LogP contribution in [0, 0.1) is 6.92 Å². The molecular weight excluding hydrogens is 362 g/mol. The second-order valence-electron chi connectivity index (χ2n) is 7.75. The van der Waals surface area contributed by atoms with Gasteiger partial charge < -0.3 is 14.7 Å². The summed E-state index contributed by atoms with van der Waals surface area (Å²) in [7, 11) is 0. The highest BCUT2D eigenvalue weighted by Gasteiger charge is 2.31. The molecule has 0 aliphatic carbocycles. The summed E-state index contributed by atoms with van der Waals surface area (Å²) >= 11 is 0. The quantitative estimate of drug-likeness (QED) is 0.806. The number of nitrogens with zero attached hydrogens (tertiary/aromatic N) is 3. The van der Waals surface area contributed by atoms with E-state index in [1.807, 2.05) is 35.2 Å². The van der Waals surface area contributed by atoms with Gasteiger partial charge in [-0.05, 0) is 35.8 Å². The van der Waals surface area contributed by atoms with Crippen molar-refractivity contribution in [2.45, 2.75) is 26.3 Å². The molecule has 5 heteroatoms. The highest BCUT2D eigenvalue weighted by atomic mass is 16.2. The predicted molar refractivity (Wildman–Crippen MR) is 115 cm³/mol. The van der Waals surface area contributed by atoms with Crippen LogP contribution in [0.25, 0.3) is 6.08 Å². The van der Waals surface area contributed by atoms with Crippen molar-refractivity contribution in [1.82, 2.24) is 9.80 Å². The Balaban J connectivity index is 1.45. The van der Waals surface area contributed by atoms with Crippen LogP contribution in [0.1, 0.15) is 36.1 Å². The molecule has 0 unspecified atom stereocenters. The molecule has 2 aliphatic rings. The van der Waals surface area contributed by atoms with Gasteiger partial charge in [0.05, 0.1) is 12.5 Å². The first-order valence-electron chi connectivity index (χ1n) is 10.2. The lowest BCUT2D eigenvalue weighted by Crippen LogP contribution is -2.49. The number of benzene rings is 2. The Morgan fingerprint density at radius 1 is 0.966 bits per heavy atom. The number of rotatable bonds is 3. The fourth-order valence-electron chi connectivity index (χ4n) is 4.32. The SMILES string of the molecule is CC(=O)N1C=Cc2ccccc2[C@@H]1CC(=O)N1CCN(c2ccccc2C)CC1. The van der Waals surface area contributed by atoms with Gasteiger partial charge in [0.1, 0.15) is 0 Å². The Hall–Kier alpha value is -3.08. The molecule has 0 N–H and O–H groups in total. The van der Waals surface area contributed by atoms with Crippen molar-refractivity contribution in [1.29, 1.82) is 0 Å². The van der Waals surface area contributed by atoms with E-state index in [0.29, 0.717) is 19.5 Å². The molecule has 2 heterocycles. The minimum absolute atomic E-state index is 0.0436. The molecule has 2 aliphatic heterocycles. The molecule has 0 saturated carbocycles. The van der Waals surface area contributed by atoms with Crippen LogP contribution in [-0.4, -0.2) is 47.8 Å². The Morgan fingerprint density at radius 2 is 1.66 bits per heavy atom. The van der Waals surface area contributed by atoms with Crippen molar-refractivity contribution in [3.05, 3.63) is 71.4 Å². The smallest absolute Gasteiger partial charge is 0.225 e. The molecule has 2 aromatic carbocycles. The Morgan fingerprint density at radius 3 is 2.38 bits per heavy atom. The number of para-hydroxylation sites is 1. The van der Waals surface area contributed by atoms with E-state index in [1.165, 1.54) is 11.3 Å². The topological polar surface area (TPSA) is 43.9 Å². The fourth-order valence-corrected chi connectivity index (χ4v) is 4.32. The van der Waals surface area contributed by atoms with Gasteiger partial charge in [-0.3, -0.25) is 9.59 Å². The first kappa shape index (κ1) is 19.2. The van der Waals surface area contributed by atoms with Gasteiger partial charge in [-0.25, -0.2) is 0 Å². The molecule has 1 saturated heterocycles. The lowest BCUT2D eigenvalue weighted by molar-refractivity contribution is -0.134. The van der Waals surface area contributed by atoms with Crippen LogP contribution in [-0.2, 0) is 9.59 Å². The second-order valence-corrected chi connectivity index (χ2v) is 7.75. The molecule has 1 atom stereocenters. The number of carbonyl (C=O) groups is 2. The molecule has 2 aromatic rings. The zero-order valence-corrected chi connectivity index (χ0v) is 17.0. The standard InChI is InChI=1S/C24H27N3O2/c1-18-7-3-6-10-22(18)25-13-15-26(16-14-25)24(29)17-23-21-9-5-4-8-20(21)11-12-27(23)19(2)28/h3-12,23H,13-17H2,1-2H3/t23-/m0/s1. The molecule has 1 fully saturated rings. The van der Waals surface area contributed by atoms with Crippen molar-refractivity contribution >= 4 is 23.6 Å². The third kappa shape index (κ3) is 3.90. The summed E-state index contributed by atoms with van der Waals surface area (Å²) in [5.41, 5.74) is 4.62. The molecule has 0 bridgehead atoms. The third-order valence-corrected chi connectivity index (χ3v) is 5.93. The summed E-state index contributed by atoms with van der Waals surface area (Å²) in [6.45, 7) is 6.74. The minimum atomic E-state index is -0.240. The average molecular weight is 389 g/mol. The van der Waals surface area contributed by atoms with Gasteiger partial charge in [0.2, 0.25) is 11.8 Å². The maximum Gasteiger partial charge on any atom is 0.225 e. The first-order chi connectivity index (χ1) is 14.0. The fraction of sp³-hybridized carbons (Fsp3) is 0.333. The lowest BCUT2D eigenvalue weighted by Gasteiger charge is -2.38. The van der Waals surface area contributed by atoms with Crippen LogP contribution in [0.2, 0.25) is 0 Å². The van der Waals surface area contributed by atoms with E-state index in [2.05, 4.69) is 36.1 Å². The van der Waals surface area contributed by atoms with Crippen molar-refractivity contribution in [2.24, 2.45) is 0 Å². The van der Waals surface area contributed by atoms with Crippen LogP contribution in [0.15, 0.2) is 54.7 Å². The van der Waals surface area contributed by atoms with Crippen LogP contribution < -0.4 is 4.90 Å². The normalized spacial score (nSPS) is 18.6. The van der Waals surface area contributed by atoms with Crippen molar-refractivity contribution in [3.63, 3.8) is 0 Å². The summed E-state index contributed by atoms with van der Waals surface area (Å²) in [6, 6.07) is 16.1. The molecule has 0 spiro atoms. The summed E-state index contributed by atoms with van der Waals surface area (Å²) in [5, 5.41) is 0. The van der Waals surface area contributed by atoms with E-state index in [9.17, 15) is 9.59 Å². The molecule has 4 rings (SSSR count). The van der Waals surface area contributed by atoms with Crippen molar-refractivity contribution in [2.75, 3.05) is 31.1 Å². The van der Waals surface area contributed by atoms with E-state index in [1.54, 1.807) is 18.0 Å². The number of hydrogen-bond donors (Lipinski definition) is 0. The maximum absolute atomic E-state index is 13.1. The largest absolute Gasteiger partial charge is 0.368 e. The Bertz CT molecular complexity index is 945. The molecular formula is C24H27N3O2. The zero-order valence-electron chi connectivity index (χ0n) is 17.0. The van der Waals surface area contributed by atoms with Gasteiger partial charge in [0.25, 0.3) is 0 Å². The molecule has 0 radical (unpaired) electrons. The van der Waals surface area contributed by atoms with Gasteiger partial charge >= 0.3 is 0 Å². The predicted octanol–water partition coefficient (Wildman–Crippen LogP) is 3.61. The van der Waals surface area contributed by atoms with Gasteiger partial charge in [-0.1, -0.05) is 42.5 Å². The second kappa shape index (κ2) is 8.11. The molecule has 29 heavy (non-hydrogen) atoms. The van der Waals surface area contributed by atoms with E-state index in [-0.39, 0.29) is 17.9 Å². The van der Waals surface area contributed by atoms with E-state index < -0.39 is 0 Å². The van der Waals surface area contributed by atoms with E-state index in [0.717, 1.165) is 24.2 Å². The Labute approximate surface area is 172 Å². The van der Waals surface area contributed by atoms with Crippen LogP contribution in [0.4, 0.5) is 5.69 Å². The van der Waals surface area contributed by atoms with Gasteiger partial charge in [-0.2, -0.15) is 0 Å². The minimum Gasteiger partial charge on any atom is -0.368 e. The zero-order chi connectivity index (χ0) is 20.4. The van der Waals surface area contributed by atoms with Crippen molar-refractivity contribution in [3.8, 4) is 0 Å². The summed E-state index contributed by atoms with van der Waals surface area (Å²) in [5.74, 6) is 0.0636. The lowest BCUT2D eigenvalue weighted by atomic mass is 9.93. The number of fused-ring (bicyclic) bond motifs is 1. The number of piperazine rings is 1. The first-order valence-corrected chi connectivity index (χ1v) is 10.2. The average Bonchev–Trinajstić information content (AvgIpc) is 2.74. The van der Waals surface area contributed by atoms with Crippen molar-refractivity contribution < 1.29 is 9.59 Å². The molecule has 5 nitrogen and oxygen atoms in total. The van der Waals surface area contributed by atoms with Gasteiger partial charge in [0, 0.05) is 45.0 Å². The molecule has 0 aromatic heterocycles. The van der Waals surface area contributed by atoms with E-state index in [4.69, 9.17) is 0 Å². The monoisotopic (exact) mass is 389 g/mol. The molecule has 2 amide bonds. The molecule has 150 valence electrons. The number of amides is 2. The highest BCUT2D eigenvalue weighted by molar-refractivity contribution is 5.82. The van der Waals surface area contributed by atoms with Gasteiger partial charge in [-0.15, -0.1) is 0 Å². The van der Waals surface area contributed by atoms with Crippen LogP contribution in [0.3, 0.4) is 0 Å². The number of hydrogen-bond acceptors (Lipinski definition) is 3. The van der Waals surface area contributed by atoms with Crippen LogP contribution >= 0.6 is 0 Å². The number of carbonyl (C=O) groups excluding carboxylic acids is 2.